The lowest BCUT2D eigenvalue weighted by molar-refractivity contribution is 0.214. The molecule has 1 aromatic rings. The van der Waals surface area contributed by atoms with E-state index < -0.39 is 0 Å². The number of benzene rings is 1. The van der Waals surface area contributed by atoms with Crippen molar-refractivity contribution in [3.8, 4) is 5.75 Å². The van der Waals surface area contributed by atoms with Gasteiger partial charge in [0.2, 0.25) is 0 Å². The lowest BCUT2D eigenvalue weighted by Gasteiger charge is -2.27. The van der Waals surface area contributed by atoms with E-state index in [4.69, 9.17) is 10.5 Å². The summed E-state index contributed by atoms with van der Waals surface area (Å²) in [4.78, 5) is 0. The van der Waals surface area contributed by atoms with Crippen molar-refractivity contribution in [1.82, 2.24) is 0 Å². The Bertz CT molecular complexity index is 333. The van der Waals surface area contributed by atoms with Gasteiger partial charge in [0, 0.05) is 10.5 Å². The zero-order valence-corrected chi connectivity index (χ0v) is 11.7. The van der Waals surface area contributed by atoms with E-state index in [0.29, 0.717) is 12.5 Å². The number of halogens is 1. The van der Waals surface area contributed by atoms with Gasteiger partial charge in [-0.25, -0.2) is 0 Å². The Morgan fingerprint density at radius 2 is 1.82 bits per heavy atom. The third-order valence-corrected chi connectivity index (χ3v) is 4.04. The molecule has 94 valence electrons. The first-order valence-corrected chi connectivity index (χ1v) is 7.19. The Morgan fingerprint density at radius 1 is 1.18 bits per heavy atom. The monoisotopic (exact) mass is 297 g/mol. The van der Waals surface area contributed by atoms with Gasteiger partial charge in [0.1, 0.15) is 12.4 Å². The molecule has 0 saturated heterocycles. The van der Waals surface area contributed by atoms with Crippen molar-refractivity contribution >= 4 is 15.9 Å². The molecule has 3 heteroatoms. The van der Waals surface area contributed by atoms with Gasteiger partial charge in [0.05, 0.1) is 0 Å². The van der Waals surface area contributed by atoms with Gasteiger partial charge in [-0.15, -0.1) is 0 Å². The topological polar surface area (TPSA) is 35.2 Å². The standard InChI is InChI=1S/C14H20BrNO/c15-12-6-8-13(9-7-12)17-10-14(16)11-4-2-1-3-5-11/h6-9,11,14H,1-5,10,16H2. The summed E-state index contributed by atoms with van der Waals surface area (Å²) in [5.41, 5.74) is 6.19. The summed E-state index contributed by atoms with van der Waals surface area (Å²) in [6.45, 7) is 0.631. The van der Waals surface area contributed by atoms with Crippen LogP contribution in [0.1, 0.15) is 32.1 Å². The Kier molecular flexibility index (Phi) is 4.86. The third-order valence-electron chi connectivity index (χ3n) is 3.51. The van der Waals surface area contributed by atoms with Gasteiger partial charge >= 0.3 is 0 Å². The molecule has 0 radical (unpaired) electrons. The molecule has 1 aliphatic carbocycles. The molecular weight excluding hydrogens is 278 g/mol. The number of hydrogen-bond donors (Lipinski definition) is 1. The van der Waals surface area contributed by atoms with E-state index in [1.165, 1.54) is 32.1 Å². The summed E-state index contributed by atoms with van der Waals surface area (Å²) in [6, 6.07) is 8.09. The lowest BCUT2D eigenvalue weighted by Crippen LogP contribution is -2.37. The summed E-state index contributed by atoms with van der Waals surface area (Å²) < 4.78 is 6.80. The molecule has 1 saturated carbocycles. The van der Waals surface area contributed by atoms with Crippen LogP contribution in [0.25, 0.3) is 0 Å². The van der Waals surface area contributed by atoms with Crippen molar-refractivity contribution < 1.29 is 4.74 Å². The molecule has 1 aliphatic rings. The van der Waals surface area contributed by atoms with Crippen molar-refractivity contribution in [3.05, 3.63) is 28.7 Å². The van der Waals surface area contributed by atoms with Crippen LogP contribution in [0.2, 0.25) is 0 Å². The molecule has 1 unspecified atom stereocenters. The highest BCUT2D eigenvalue weighted by Gasteiger charge is 2.20. The van der Waals surface area contributed by atoms with Crippen LogP contribution in [0, 0.1) is 5.92 Å². The molecule has 17 heavy (non-hydrogen) atoms. The van der Waals surface area contributed by atoms with Crippen LogP contribution in [0.4, 0.5) is 0 Å². The molecule has 1 atom stereocenters. The molecule has 0 aliphatic heterocycles. The van der Waals surface area contributed by atoms with Crippen LogP contribution >= 0.6 is 15.9 Å². The van der Waals surface area contributed by atoms with Gasteiger partial charge in [-0.1, -0.05) is 35.2 Å². The largest absolute Gasteiger partial charge is 0.492 e. The first-order valence-electron chi connectivity index (χ1n) is 6.39. The number of ether oxygens (including phenoxy) is 1. The average molecular weight is 298 g/mol. The molecule has 2 nitrogen and oxygen atoms in total. The SMILES string of the molecule is NC(COc1ccc(Br)cc1)C1CCCCC1. The Hall–Kier alpha value is -0.540. The highest BCUT2D eigenvalue weighted by molar-refractivity contribution is 9.10. The molecular formula is C14H20BrNO. The summed E-state index contributed by atoms with van der Waals surface area (Å²) in [7, 11) is 0. The molecule has 0 amide bonds. The molecule has 0 aromatic heterocycles. The minimum absolute atomic E-state index is 0.180. The second-order valence-corrected chi connectivity index (χ2v) is 5.74. The van der Waals surface area contributed by atoms with E-state index in [9.17, 15) is 0 Å². The van der Waals surface area contributed by atoms with Crippen LogP contribution in [0.5, 0.6) is 5.75 Å². The maximum absolute atomic E-state index is 6.19. The van der Waals surface area contributed by atoms with Gasteiger partial charge in [-0.05, 0) is 43.0 Å². The van der Waals surface area contributed by atoms with Crippen molar-refractivity contribution in [3.63, 3.8) is 0 Å². The lowest BCUT2D eigenvalue weighted by atomic mass is 9.84. The van der Waals surface area contributed by atoms with E-state index in [1.54, 1.807) is 0 Å². The minimum atomic E-state index is 0.180. The van der Waals surface area contributed by atoms with Crippen molar-refractivity contribution in [2.45, 2.75) is 38.1 Å². The summed E-state index contributed by atoms with van der Waals surface area (Å²) in [5, 5.41) is 0. The minimum Gasteiger partial charge on any atom is -0.492 e. The van der Waals surface area contributed by atoms with Gasteiger partial charge in [-0.2, -0.15) is 0 Å². The summed E-state index contributed by atoms with van der Waals surface area (Å²) in [6.07, 6.45) is 6.57. The van der Waals surface area contributed by atoms with Crippen LogP contribution < -0.4 is 10.5 Å². The maximum atomic E-state index is 6.19. The van der Waals surface area contributed by atoms with Crippen LogP contribution in [0.15, 0.2) is 28.7 Å². The van der Waals surface area contributed by atoms with Crippen LogP contribution in [0.3, 0.4) is 0 Å². The summed E-state index contributed by atoms with van der Waals surface area (Å²) >= 11 is 3.41. The smallest absolute Gasteiger partial charge is 0.119 e. The molecule has 2 rings (SSSR count). The summed E-state index contributed by atoms with van der Waals surface area (Å²) in [5.74, 6) is 1.55. The molecule has 1 aromatic carbocycles. The normalized spacial score (nSPS) is 18.9. The highest BCUT2D eigenvalue weighted by atomic mass is 79.9. The zero-order chi connectivity index (χ0) is 12.1. The van der Waals surface area contributed by atoms with Gasteiger partial charge in [-0.3, -0.25) is 0 Å². The Labute approximate surface area is 112 Å². The number of rotatable bonds is 4. The van der Waals surface area contributed by atoms with E-state index in [-0.39, 0.29) is 6.04 Å². The first-order chi connectivity index (χ1) is 8.25. The highest BCUT2D eigenvalue weighted by Crippen LogP contribution is 2.26. The van der Waals surface area contributed by atoms with Crippen LogP contribution in [-0.4, -0.2) is 12.6 Å². The predicted octanol–water partition coefficient (Wildman–Crippen LogP) is 3.74. The van der Waals surface area contributed by atoms with E-state index in [0.717, 1.165) is 10.2 Å². The fraction of sp³-hybridized carbons (Fsp3) is 0.571. The Morgan fingerprint density at radius 3 is 2.47 bits per heavy atom. The van der Waals surface area contributed by atoms with Crippen molar-refractivity contribution in [2.75, 3.05) is 6.61 Å². The molecule has 2 N–H and O–H groups in total. The number of hydrogen-bond acceptors (Lipinski definition) is 2. The van der Waals surface area contributed by atoms with Gasteiger partial charge in [0.25, 0.3) is 0 Å². The van der Waals surface area contributed by atoms with Crippen molar-refractivity contribution in [1.29, 1.82) is 0 Å². The third kappa shape index (κ3) is 4.00. The molecule has 1 fully saturated rings. The molecule has 0 heterocycles. The average Bonchev–Trinajstić information content (AvgIpc) is 2.39. The quantitative estimate of drug-likeness (QED) is 0.919. The molecule has 0 spiro atoms. The Balaban J connectivity index is 1.78. The molecule has 0 bridgehead atoms. The van der Waals surface area contributed by atoms with Crippen LogP contribution in [-0.2, 0) is 0 Å². The number of nitrogens with two attached hydrogens (primary N) is 1. The fourth-order valence-electron chi connectivity index (χ4n) is 2.42. The second kappa shape index (κ2) is 6.41. The van der Waals surface area contributed by atoms with E-state index in [1.807, 2.05) is 24.3 Å². The van der Waals surface area contributed by atoms with Gasteiger partial charge in [0.15, 0.2) is 0 Å². The zero-order valence-electron chi connectivity index (χ0n) is 10.1. The fourth-order valence-corrected chi connectivity index (χ4v) is 2.69. The predicted molar refractivity (Wildman–Crippen MR) is 74.2 cm³/mol. The maximum Gasteiger partial charge on any atom is 0.119 e. The first kappa shape index (κ1) is 12.9. The van der Waals surface area contributed by atoms with Gasteiger partial charge < -0.3 is 10.5 Å². The van der Waals surface area contributed by atoms with E-state index in [2.05, 4.69) is 15.9 Å². The van der Waals surface area contributed by atoms with E-state index >= 15 is 0 Å². The van der Waals surface area contributed by atoms with Crippen molar-refractivity contribution in [2.24, 2.45) is 11.7 Å². The second-order valence-electron chi connectivity index (χ2n) is 4.83.